The molecule has 1 heterocycles. The van der Waals surface area contributed by atoms with Gasteiger partial charge in [-0.1, -0.05) is 12.1 Å². The topological polar surface area (TPSA) is 106 Å². The summed E-state index contributed by atoms with van der Waals surface area (Å²) >= 11 is 0. The van der Waals surface area contributed by atoms with Gasteiger partial charge in [-0.2, -0.15) is 4.31 Å². The summed E-state index contributed by atoms with van der Waals surface area (Å²) in [7, 11) is -3.69. The van der Waals surface area contributed by atoms with E-state index < -0.39 is 21.8 Å². The second-order valence-electron chi connectivity index (χ2n) is 5.10. The lowest BCUT2D eigenvalue weighted by molar-refractivity contribution is -0.122. The lowest BCUT2D eigenvalue weighted by Gasteiger charge is -2.31. The third-order valence-electron chi connectivity index (χ3n) is 3.63. The van der Waals surface area contributed by atoms with Gasteiger partial charge in [0.2, 0.25) is 15.9 Å². The highest BCUT2D eigenvalue weighted by atomic mass is 32.2. The largest absolute Gasteiger partial charge is 0.398 e. The number of anilines is 1. The van der Waals surface area contributed by atoms with E-state index in [9.17, 15) is 13.2 Å². The van der Waals surface area contributed by atoms with Crippen LogP contribution in [0.5, 0.6) is 0 Å². The Hall–Kier alpha value is -1.60. The molecule has 1 aliphatic rings. The quantitative estimate of drug-likeness (QED) is 0.790. The highest BCUT2D eigenvalue weighted by Gasteiger charge is 2.34. The van der Waals surface area contributed by atoms with Gasteiger partial charge in [0, 0.05) is 13.1 Å². The molecule has 0 saturated carbocycles. The third kappa shape index (κ3) is 2.64. The summed E-state index contributed by atoms with van der Waals surface area (Å²) in [4.78, 5) is 11.4. The molecule has 1 fully saturated rings. The zero-order chi connectivity index (χ0) is 14.9. The van der Waals surface area contributed by atoms with Crippen molar-refractivity contribution >= 4 is 21.6 Å². The first-order valence-corrected chi connectivity index (χ1v) is 7.92. The molecule has 110 valence electrons. The van der Waals surface area contributed by atoms with E-state index in [0.29, 0.717) is 24.9 Å². The minimum absolute atomic E-state index is 0.130. The molecule has 1 aromatic rings. The van der Waals surface area contributed by atoms with Crippen LogP contribution in [0, 0.1) is 12.8 Å². The highest BCUT2D eigenvalue weighted by molar-refractivity contribution is 7.89. The molecular weight excluding hydrogens is 278 g/mol. The van der Waals surface area contributed by atoms with E-state index in [1.807, 2.05) is 0 Å². The second kappa shape index (κ2) is 5.41. The minimum atomic E-state index is -3.69. The van der Waals surface area contributed by atoms with E-state index in [0.717, 1.165) is 0 Å². The smallest absolute Gasteiger partial charge is 0.245 e. The lowest BCUT2D eigenvalue weighted by Crippen LogP contribution is -2.44. The van der Waals surface area contributed by atoms with Gasteiger partial charge in [0.25, 0.3) is 0 Å². The van der Waals surface area contributed by atoms with Crippen molar-refractivity contribution in [3.8, 4) is 0 Å². The monoisotopic (exact) mass is 297 g/mol. The van der Waals surface area contributed by atoms with Gasteiger partial charge >= 0.3 is 0 Å². The van der Waals surface area contributed by atoms with Crippen LogP contribution in [-0.2, 0) is 14.8 Å². The number of aryl methyl sites for hydroxylation is 1. The SMILES string of the molecule is Cc1cccc(N)c1S(=O)(=O)N1CCCC(C(N)=O)C1. The van der Waals surface area contributed by atoms with Crippen molar-refractivity contribution < 1.29 is 13.2 Å². The third-order valence-corrected chi connectivity index (χ3v) is 5.71. The minimum Gasteiger partial charge on any atom is -0.398 e. The van der Waals surface area contributed by atoms with Crippen LogP contribution in [0.15, 0.2) is 23.1 Å². The Bertz CT molecular complexity index is 607. The summed E-state index contributed by atoms with van der Waals surface area (Å²) in [6.45, 7) is 2.23. The number of benzene rings is 1. The Morgan fingerprint density at radius 3 is 2.70 bits per heavy atom. The predicted molar refractivity (Wildman–Crippen MR) is 76.3 cm³/mol. The molecule has 0 aliphatic carbocycles. The number of nitrogen functional groups attached to an aromatic ring is 1. The maximum atomic E-state index is 12.7. The van der Waals surface area contributed by atoms with Crippen molar-refractivity contribution in [3.63, 3.8) is 0 Å². The molecule has 1 saturated heterocycles. The zero-order valence-electron chi connectivity index (χ0n) is 11.4. The molecule has 0 bridgehead atoms. The van der Waals surface area contributed by atoms with Crippen LogP contribution in [0.3, 0.4) is 0 Å². The standard InChI is InChI=1S/C13H19N3O3S/c1-9-4-2-6-11(14)12(9)20(18,19)16-7-3-5-10(8-16)13(15)17/h2,4,6,10H,3,5,7-8,14H2,1H3,(H2,15,17). The zero-order valence-corrected chi connectivity index (χ0v) is 12.2. The first-order valence-electron chi connectivity index (χ1n) is 6.48. The number of piperidine rings is 1. The van der Waals surface area contributed by atoms with E-state index in [2.05, 4.69) is 0 Å². The first-order chi connectivity index (χ1) is 9.34. The summed E-state index contributed by atoms with van der Waals surface area (Å²) in [6, 6.07) is 4.99. The van der Waals surface area contributed by atoms with E-state index in [-0.39, 0.29) is 17.1 Å². The number of primary amides is 1. The molecule has 1 aromatic carbocycles. The number of carbonyl (C=O) groups excluding carboxylic acids is 1. The van der Waals surface area contributed by atoms with Crippen LogP contribution in [0.1, 0.15) is 18.4 Å². The molecule has 1 atom stereocenters. The number of hydrogen-bond donors (Lipinski definition) is 2. The maximum Gasteiger partial charge on any atom is 0.245 e. The van der Waals surface area contributed by atoms with E-state index >= 15 is 0 Å². The Balaban J connectivity index is 2.38. The molecular formula is C13H19N3O3S. The molecule has 7 heteroatoms. The van der Waals surface area contributed by atoms with E-state index in [1.54, 1.807) is 25.1 Å². The van der Waals surface area contributed by atoms with Crippen LogP contribution in [0.2, 0.25) is 0 Å². The predicted octanol–water partition coefficient (Wildman–Crippen LogP) is 0.463. The molecule has 0 spiro atoms. The van der Waals surface area contributed by atoms with Crippen molar-refractivity contribution in [2.75, 3.05) is 18.8 Å². The molecule has 0 aromatic heterocycles. The molecule has 2 rings (SSSR count). The molecule has 4 N–H and O–H groups in total. The summed E-state index contributed by atoms with van der Waals surface area (Å²) in [6.07, 6.45) is 1.25. The summed E-state index contributed by atoms with van der Waals surface area (Å²) in [5.74, 6) is -0.883. The number of rotatable bonds is 3. The normalized spacial score (nSPS) is 20.8. The maximum absolute atomic E-state index is 12.7. The van der Waals surface area contributed by atoms with Gasteiger partial charge < -0.3 is 11.5 Å². The molecule has 1 aliphatic heterocycles. The number of sulfonamides is 1. The van der Waals surface area contributed by atoms with Crippen LogP contribution in [0.25, 0.3) is 0 Å². The molecule has 1 unspecified atom stereocenters. The van der Waals surface area contributed by atoms with Crippen molar-refractivity contribution in [1.29, 1.82) is 0 Å². The van der Waals surface area contributed by atoms with Crippen LogP contribution >= 0.6 is 0 Å². The van der Waals surface area contributed by atoms with Gasteiger partial charge in [0.1, 0.15) is 4.90 Å². The van der Waals surface area contributed by atoms with Gasteiger partial charge in [-0.05, 0) is 31.4 Å². The lowest BCUT2D eigenvalue weighted by atomic mass is 9.99. The molecule has 0 radical (unpaired) electrons. The Morgan fingerprint density at radius 2 is 2.10 bits per heavy atom. The average molecular weight is 297 g/mol. The fraction of sp³-hybridized carbons (Fsp3) is 0.462. The van der Waals surface area contributed by atoms with Crippen LogP contribution < -0.4 is 11.5 Å². The van der Waals surface area contributed by atoms with E-state index in [4.69, 9.17) is 11.5 Å². The van der Waals surface area contributed by atoms with Crippen molar-refractivity contribution in [2.24, 2.45) is 11.7 Å². The Morgan fingerprint density at radius 1 is 1.40 bits per heavy atom. The average Bonchev–Trinajstić information content (AvgIpc) is 2.38. The number of nitrogens with two attached hydrogens (primary N) is 2. The summed E-state index contributed by atoms with van der Waals surface area (Å²) in [5.41, 5.74) is 11.9. The van der Waals surface area contributed by atoms with Gasteiger partial charge in [-0.15, -0.1) is 0 Å². The number of amides is 1. The molecule has 20 heavy (non-hydrogen) atoms. The van der Waals surface area contributed by atoms with Crippen molar-refractivity contribution in [2.45, 2.75) is 24.7 Å². The second-order valence-corrected chi connectivity index (χ2v) is 6.97. The van der Waals surface area contributed by atoms with Crippen LogP contribution in [0.4, 0.5) is 5.69 Å². The first kappa shape index (κ1) is 14.8. The van der Waals surface area contributed by atoms with Crippen molar-refractivity contribution in [1.82, 2.24) is 4.31 Å². The fourth-order valence-corrected chi connectivity index (χ4v) is 4.39. The summed E-state index contributed by atoms with van der Waals surface area (Å²) in [5, 5.41) is 0. The highest BCUT2D eigenvalue weighted by Crippen LogP contribution is 2.29. The number of carbonyl (C=O) groups is 1. The molecule has 6 nitrogen and oxygen atoms in total. The number of nitrogens with zero attached hydrogens (tertiary/aromatic N) is 1. The number of hydrogen-bond acceptors (Lipinski definition) is 4. The Labute approximate surface area is 118 Å². The summed E-state index contributed by atoms with van der Waals surface area (Å²) < 4.78 is 26.7. The Kier molecular flexibility index (Phi) is 4.01. The van der Waals surface area contributed by atoms with Gasteiger partial charge in [0.15, 0.2) is 0 Å². The molecule has 1 amide bonds. The fourth-order valence-electron chi connectivity index (χ4n) is 2.55. The van der Waals surface area contributed by atoms with Crippen molar-refractivity contribution in [3.05, 3.63) is 23.8 Å². The van der Waals surface area contributed by atoms with Gasteiger partial charge in [-0.25, -0.2) is 8.42 Å². The van der Waals surface area contributed by atoms with Gasteiger partial charge in [0.05, 0.1) is 11.6 Å². The van der Waals surface area contributed by atoms with Crippen LogP contribution in [-0.4, -0.2) is 31.7 Å². The van der Waals surface area contributed by atoms with E-state index in [1.165, 1.54) is 4.31 Å². The van der Waals surface area contributed by atoms with Gasteiger partial charge in [-0.3, -0.25) is 4.79 Å².